The van der Waals surface area contributed by atoms with Gasteiger partial charge < -0.3 is 24.4 Å². The molecule has 1 atom stereocenters. The third-order valence-corrected chi connectivity index (χ3v) is 3.53. The van der Waals surface area contributed by atoms with Crippen LogP contribution in [0.5, 0.6) is 11.5 Å². The number of nitrogens with zero attached hydrogens (tertiary/aromatic N) is 1. The van der Waals surface area contributed by atoms with E-state index in [1.165, 1.54) is 5.56 Å². The van der Waals surface area contributed by atoms with Crippen molar-refractivity contribution in [2.24, 2.45) is 0 Å². The van der Waals surface area contributed by atoms with Gasteiger partial charge in [0.1, 0.15) is 0 Å². The Morgan fingerprint density at radius 1 is 1.35 bits per heavy atom. The van der Waals surface area contributed by atoms with Crippen LogP contribution in [0.2, 0.25) is 0 Å². The average Bonchev–Trinajstić information content (AvgIpc) is 2.92. The van der Waals surface area contributed by atoms with Crippen LogP contribution >= 0.6 is 0 Å². The van der Waals surface area contributed by atoms with Crippen LogP contribution in [0, 0.1) is 0 Å². The number of rotatable bonds is 8. The van der Waals surface area contributed by atoms with Gasteiger partial charge in [-0.05, 0) is 38.2 Å². The second-order valence-electron chi connectivity index (χ2n) is 5.06. The highest BCUT2D eigenvalue weighted by molar-refractivity contribution is 5.45. The zero-order valence-corrected chi connectivity index (χ0v) is 12.5. The molecule has 5 heteroatoms. The monoisotopic (exact) mass is 280 g/mol. The van der Waals surface area contributed by atoms with E-state index in [1.807, 2.05) is 13.1 Å². The van der Waals surface area contributed by atoms with Crippen molar-refractivity contribution in [1.29, 1.82) is 0 Å². The predicted molar refractivity (Wildman–Crippen MR) is 78.4 cm³/mol. The normalized spacial score (nSPS) is 14.8. The second-order valence-corrected chi connectivity index (χ2v) is 5.06. The molecule has 2 rings (SSSR count). The van der Waals surface area contributed by atoms with E-state index in [9.17, 15) is 0 Å². The summed E-state index contributed by atoms with van der Waals surface area (Å²) in [5, 5.41) is 3.36. The number of fused-ring (bicyclic) bond motifs is 1. The molecule has 1 aliphatic rings. The average molecular weight is 280 g/mol. The zero-order valence-electron chi connectivity index (χ0n) is 12.5. The Morgan fingerprint density at radius 2 is 2.15 bits per heavy atom. The first-order valence-electron chi connectivity index (χ1n) is 6.99. The Bertz CT molecular complexity index is 426. The highest BCUT2D eigenvalue weighted by Crippen LogP contribution is 2.34. The molecule has 0 saturated heterocycles. The summed E-state index contributed by atoms with van der Waals surface area (Å²) in [6, 6.07) is 6.41. The molecule has 1 heterocycles. The predicted octanol–water partition coefficient (Wildman–Crippen LogP) is 1.64. The molecule has 0 aliphatic carbocycles. The van der Waals surface area contributed by atoms with Gasteiger partial charge in [-0.3, -0.25) is 0 Å². The fourth-order valence-corrected chi connectivity index (χ4v) is 2.38. The third-order valence-electron chi connectivity index (χ3n) is 3.53. The van der Waals surface area contributed by atoms with Crippen molar-refractivity contribution in [3.8, 4) is 11.5 Å². The molecule has 0 bridgehead atoms. The lowest BCUT2D eigenvalue weighted by Gasteiger charge is -2.24. The van der Waals surface area contributed by atoms with Crippen LogP contribution in [0.3, 0.4) is 0 Å². The van der Waals surface area contributed by atoms with Crippen LogP contribution < -0.4 is 14.8 Å². The summed E-state index contributed by atoms with van der Waals surface area (Å²) in [5.74, 6) is 1.67. The van der Waals surface area contributed by atoms with E-state index in [0.717, 1.165) is 37.6 Å². The first-order valence-corrected chi connectivity index (χ1v) is 6.99. The minimum atomic E-state index is 0.275. The molecule has 1 N–H and O–H groups in total. The number of methoxy groups -OCH3 is 1. The van der Waals surface area contributed by atoms with E-state index in [4.69, 9.17) is 14.2 Å². The molecule has 1 aromatic rings. The van der Waals surface area contributed by atoms with E-state index >= 15 is 0 Å². The molecule has 1 aromatic carbocycles. The van der Waals surface area contributed by atoms with Gasteiger partial charge in [-0.2, -0.15) is 0 Å². The third kappa shape index (κ3) is 3.85. The van der Waals surface area contributed by atoms with Gasteiger partial charge in [0.15, 0.2) is 11.5 Å². The maximum absolute atomic E-state index is 5.44. The summed E-state index contributed by atoms with van der Waals surface area (Å²) in [7, 11) is 5.86. The van der Waals surface area contributed by atoms with Crippen LogP contribution in [0.15, 0.2) is 18.2 Å². The number of ether oxygens (including phenoxy) is 3. The first kappa shape index (κ1) is 15.1. The summed E-state index contributed by atoms with van der Waals surface area (Å²) in [6.45, 7) is 3.09. The lowest BCUT2D eigenvalue weighted by atomic mass is 10.1. The fourth-order valence-electron chi connectivity index (χ4n) is 2.38. The van der Waals surface area contributed by atoms with Crippen LogP contribution in [-0.2, 0) is 4.74 Å². The van der Waals surface area contributed by atoms with Gasteiger partial charge in [0.2, 0.25) is 6.79 Å². The Hall–Kier alpha value is -1.30. The number of nitrogens with one attached hydrogen (secondary N) is 1. The lowest BCUT2D eigenvalue weighted by molar-refractivity contribution is 0.173. The Balaban J connectivity index is 1.94. The lowest BCUT2D eigenvalue weighted by Crippen LogP contribution is -2.32. The second kappa shape index (κ2) is 7.47. The Morgan fingerprint density at radius 3 is 2.90 bits per heavy atom. The molecule has 5 nitrogen and oxygen atoms in total. The molecule has 0 radical (unpaired) electrons. The Labute approximate surface area is 120 Å². The van der Waals surface area contributed by atoms with Gasteiger partial charge in [-0.15, -0.1) is 0 Å². The smallest absolute Gasteiger partial charge is 0.231 e. The highest BCUT2D eigenvalue weighted by Gasteiger charge is 2.18. The quantitative estimate of drug-likeness (QED) is 0.733. The molecule has 0 aromatic heterocycles. The molecule has 0 fully saturated rings. The number of likely N-dealkylation sites (N-methyl/N-ethyl adjacent to an activating group) is 2. The zero-order chi connectivity index (χ0) is 14.4. The van der Waals surface area contributed by atoms with Gasteiger partial charge in [0.05, 0.1) is 0 Å². The van der Waals surface area contributed by atoms with E-state index in [2.05, 4.69) is 29.4 Å². The first-order chi connectivity index (χ1) is 9.74. The standard InChI is InChI=1S/C15H24N2O3/c1-16-13(10-17(2)7-4-8-18-3)12-5-6-14-15(9-12)20-11-19-14/h5-6,9,13,16H,4,7-8,10-11H2,1-3H3. The molecule has 0 spiro atoms. The van der Waals surface area contributed by atoms with Crippen molar-refractivity contribution in [2.75, 3.05) is 47.7 Å². The van der Waals surface area contributed by atoms with Gasteiger partial charge in [-0.1, -0.05) is 6.07 Å². The molecular weight excluding hydrogens is 256 g/mol. The summed E-state index contributed by atoms with van der Waals surface area (Å²) in [6.07, 6.45) is 1.05. The van der Waals surface area contributed by atoms with Gasteiger partial charge in [0.25, 0.3) is 0 Å². The Kier molecular flexibility index (Phi) is 5.64. The largest absolute Gasteiger partial charge is 0.454 e. The molecule has 1 unspecified atom stereocenters. The summed E-state index contributed by atoms with van der Waals surface area (Å²) in [5.41, 5.74) is 1.22. The van der Waals surface area contributed by atoms with Crippen molar-refractivity contribution in [1.82, 2.24) is 10.2 Å². The van der Waals surface area contributed by atoms with Crippen molar-refractivity contribution >= 4 is 0 Å². The van der Waals surface area contributed by atoms with Crippen LogP contribution in [0.4, 0.5) is 0 Å². The fraction of sp³-hybridized carbons (Fsp3) is 0.600. The van der Waals surface area contributed by atoms with E-state index in [-0.39, 0.29) is 6.04 Å². The van der Waals surface area contributed by atoms with Crippen molar-refractivity contribution in [2.45, 2.75) is 12.5 Å². The molecule has 20 heavy (non-hydrogen) atoms. The number of hydrogen-bond donors (Lipinski definition) is 1. The van der Waals surface area contributed by atoms with E-state index in [0.29, 0.717) is 6.79 Å². The SMILES string of the molecule is CNC(CN(C)CCCOC)c1ccc2c(c1)OCO2. The van der Waals surface area contributed by atoms with E-state index < -0.39 is 0 Å². The topological polar surface area (TPSA) is 43.0 Å². The van der Waals surface area contributed by atoms with Crippen LogP contribution in [0.1, 0.15) is 18.0 Å². The summed E-state index contributed by atoms with van der Waals surface area (Å²) >= 11 is 0. The highest BCUT2D eigenvalue weighted by atomic mass is 16.7. The molecule has 0 amide bonds. The van der Waals surface area contributed by atoms with Crippen molar-refractivity contribution in [3.63, 3.8) is 0 Å². The molecular formula is C15H24N2O3. The summed E-state index contributed by atoms with van der Waals surface area (Å²) < 4.78 is 15.9. The van der Waals surface area contributed by atoms with Crippen LogP contribution in [0.25, 0.3) is 0 Å². The minimum Gasteiger partial charge on any atom is -0.454 e. The maximum atomic E-state index is 5.44. The van der Waals surface area contributed by atoms with Gasteiger partial charge >= 0.3 is 0 Å². The van der Waals surface area contributed by atoms with Crippen LogP contribution in [-0.4, -0.2) is 52.6 Å². The van der Waals surface area contributed by atoms with Crippen molar-refractivity contribution < 1.29 is 14.2 Å². The van der Waals surface area contributed by atoms with E-state index in [1.54, 1.807) is 7.11 Å². The minimum absolute atomic E-state index is 0.275. The van der Waals surface area contributed by atoms with Crippen molar-refractivity contribution in [3.05, 3.63) is 23.8 Å². The van der Waals surface area contributed by atoms with Gasteiger partial charge in [-0.25, -0.2) is 0 Å². The number of hydrogen-bond acceptors (Lipinski definition) is 5. The maximum Gasteiger partial charge on any atom is 0.231 e. The molecule has 112 valence electrons. The molecule has 1 aliphatic heterocycles. The summed E-state index contributed by atoms with van der Waals surface area (Å²) in [4.78, 5) is 2.31. The number of benzene rings is 1. The molecule has 0 saturated carbocycles. The van der Waals surface area contributed by atoms with Gasteiger partial charge in [0, 0.05) is 32.8 Å².